The van der Waals surface area contributed by atoms with Gasteiger partial charge in [0.25, 0.3) is 0 Å². The van der Waals surface area contributed by atoms with Gasteiger partial charge in [0, 0.05) is 12.6 Å². The first-order chi connectivity index (χ1) is 5.79. The topological polar surface area (TPSA) is 21.7 Å². The van der Waals surface area contributed by atoms with Crippen molar-refractivity contribution in [1.29, 1.82) is 0 Å². The third-order valence-electron chi connectivity index (χ3n) is 2.77. The molecule has 0 saturated carbocycles. The van der Waals surface area contributed by atoms with Gasteiger partial charge in [-0.2, -0.15) is 0 Å². The Morgan fingerprint density at radius 1 is 1.33 bits per heavy atom. The van der Waals surface area contributed by atoms with Crippen molar-refractivity contribution in [3.63, 3.8) is 0 Å². The fraction of sp³-hybridized carbons (Fsp3) is 1.00. The first-order valence-corrected chi connectivity index (χ1v) is 4.74. The van der Waals surface area contributed by atoms with Crippen molar-refractivity contribution in [2.75, 3.05) is 26.4 Å². The van der Waals surface area contributed by atoms with Crippen molar-refractivity contribution < 1.29 is 9.47 Å². The molecule has 0 N–H and O–H groups in total. The van der Waals surface area contributed by atoms with E-state index in [1.54, 1.807) is 0 Å². The van der Waals surface area contributed by atoms with Crippen LogP contribution in [0, 0.1) is 0 Å². The molecular formula is C9H17NO2. The molecule has 2 rings (SSSR count). The largest absolute Gasteiger partial charge is 0.377 e. The number of hydrogen-bond donors (Lipinski definition) is 0. The van der Waals surface area contributed by atoms with Crippen LogP contribution in [0.25, 0.3) is 0 Å². The zero-order chi connectivity index (χ0) is 8.55. The van der Waals surface area contributed by atoms with Gasteiger partial charge in [-0.05, 0) is 13.8 Å². The molecule has 0 radical (unpaired) electrons. The molecule has 12 heavy (non-hydrogen) atoms. The molecule has 3 nitrogen and oxygen atoms in total. The second-order valence-corrected chi connectivity index (χ2v) is 3.85. The maximum absolute atomic E-state index is 5.62. The highest BCUT2D eigenvalue weighted by atomic mass is 16.6. The summed E-state index contributed by atoms with van der Waals surface area (Å²) in [6.45, 7) is 8.03. The van der Waals surface area contributed by atoms with Gasteiger partial charge in [0.2, 0.25) is 0 Å². The van der Waals surface area contributed by atoms with Crippen LogP contribution < -0.4 is 0 Å². The summed E-state index contributed by atoms with van der Waals surface area (Å²) in [5.74, 6) is 0. The van der Waals surface area contributed by atoms with Crippen molar-refractivity contribution in [2.45, 2.75) is 32.0 Å². The Labute approximate surface area is 73.6 Å². The average Bonchev–Trinajstić information content (AvgIpc) is 2.49. The summed E-state index contributed by atoms with van der Waals surface area (Å²) in [5, 5.41) is 0. The molecule has 0 spiro atoms. The summed E-state index contributed by atoms with van der Waals surface area (Å²) in [6, 6.07) is 1.13. The molecule has 2 saturated heterocycles. The second kappa shape index (κ2) is 3.32. The predicted molar refractivity (Wildman–Crippen MR) is 46.2 cm³/mol. The molecule has 0 bridgehead atoms. The van der Waals surface area contributed by atoms with Gasteiger partial charge in [-0.25, -0.2) is 0 Å². The molecule has 2 aliphatic heterocycles. The normalized spacial score (nSPS) is 37.2. The summed E-state index contributed by atoms with van der Waals surface area (Å²) in [7, 11) is 0. The van der Waals surface area contributed by atoms with Gasteiger partial charge in [-0.1, -0.05) is 0 Å². The van der Waals surface area contributed by atoms with Crippen molar-refractivity contribution in [3.05, 3.63) is 0 Å². The molecule has 0 amide bonds. The number of ether oxygens (including phenoxy) is 2. The van der Waals surface area contributed by atoms with Crippen LogP contribution in [-0.2, 0) is 9.47 Å². The molecule has 70 valence electrons. The van der Waals surface area contributed by atoms with Gasteiger partial charge in [-0.15, -0.1) is 0 Å². The standard InChI is InChI=1S/C9H17NO2/c1-7(2)10-3-4-12-9-6-11-5-8(9)10/h7-9H,3-6H2,1-2H3/t8-,9-/m1/s1. The van der Waals surface area contributed by atoms with Gasteiger partial charge >= 0.3 is 0 Å². The zero-order valence-corrected chi connectivity index (χ0v) is 7.82. The van der Waals surface area contributed by atoms with Gasteiger partial charge in [-0.3, -0.25) is 4.90 Å². The Morgan fingerprint density at radius 2 is 2.17 bits per heavy atom. The van der Waals surface area contributed by atoms with E-state index in [9.17, 15) is 0 Å². The maximum atomic E-state index is 5.62. The van der Waals surface area contributed by atoms with Gasteiger partial charge in [0.05, 0.1) is 32.0 Å². The minimum atomic E-state index is 0.334. The molecule has 2 heterocycles. The molecular weight excluding hydrogens is 154 g/mol. The fourth-order valence-corrected chi connectivity index (χ4v) is 2.11. The van der Waals surface area contributed by atoms with Crippen LogP contribution in [0.15, 0.2) is 0 Å². The summed E-state index contributed by atoms with van der Waals surface area (Å²) < 4.78 is 11.0. The van der Waals surface area contributed by atoms with E-state index >= 15 is 0 Å². The fourth-order valence-electron chi connectivity index (χ4n) is 2.11. The maximum Gasteiger partial charge on any atom is 0.0986 e. The van der Waals surface area contributed by atoms with Crippen molar-refractivity contribution >= 4 is 0 Å². The Hall–Kier alpha value is -0.120. The van der Waals surface area contributed by atoms with Crippen molar-refractivity contribution in [1.82, 2.24) is 4.90 Å². The molecule has 3 heteroatoms. The van der Waals surface area contributed by atoms with E-state index in [1.807, 2.05) is 0 Å². The zero-order valence-electron chi connectivity index (χ0n) is 7.82. The highest BCUT2D eigenvalue weighted by molar-refractivity contribution is 4.89. The summed E-state index contributed by atoms with van der Waals surface area (Å²) in [6.07, 6.45) is 0.334. The molecule has 2 aliphatic rings. The Morgan fingerprint density at radius 3 is 2.92 bits per heavy atom. The molecule has 2 fully saturated rings. The van der Waals surface area contributed by atoms with Crippen LogP contribution in [0.1, 0.15) is 13.8 Å². The third-order valence-corrected chi connectivity index (χ3v) is 2.77. The number of hydrogen-bond acceptors (Lipinski definition) is 3. The summed E-state index contributed by atoms with van der Waals surface area (Å²) in [5.41, 5.74) is 0. The third kappa shape index (κ3) is 1.37. The number of nitrogens with zero attached hydrogens (tertiary/aromatic N) is 1. The molecule has 0 aliphatic carbocycles. The summed E-state index contributed by atoms with van der Waals surface area (Å²) in [4.78, 5) is 2.49. The van der Waals surface area contributed by atoms with Crippen molar-refractivity contribution in [3.8, 4) is 0 Å². The van der Waals surface area contributed by atoms with Gasteiger partial charge in [0.1, 0.15) is 0 Å². The minimum absolute atomic E-state index is 0.334. The molecule has 0 unspecified atom stereocenters. The van der Waals surface area contributed by atoms with Crippen molar-refractivity contribution in [2.24, 2.45) is 0 Å². The Balaban J connectivity index is 2.03. The Kier molecular flexibility index (Phi) is 2.35. The SMILES string of the molecule is CC(C)N1CCO[C@@H]2COC[C@H]21. The average molecular weight is 171 g/mol. The lowest BCUT2D eigenvalue weighted by atomic mass is 10.1. The lowest BCUT2D eigenvalue weighted by molar-refractivity contribution is -0.0588. The molecule has 2 atom stereocenters. The number of morpholine rings is 1. The lowest BCUT2D eigenvalue weighted by Crippen LogP contribution is -2.53. The van der Waals surface area contributed by atoms with E-state index in [0.29, 0.717) is 18.2 Å². The van der Waals surface area contributed by atoms with Crippen LogP contribution in [0.3, 0.4) is 0 Å². The molecule has 0 aromatic carbocycles. The monoisotopic (exact) mass is 171 g/mol. The predicted octanol–water partition coefficient (Wildman–Crippen LogP) is 0.494. The van der Waals surface area contributed by atoms with Crippen LogP contribution in [0.5, 0.6) is 0 Å². The van der Waals surface area contributed by atoms with E-state index in [2.05, 4.69) is 18.7 Å². The van der Waals surface area contributed by atoms with Crippen LogP contribution in [0.4, 0.5) is 0 Å². The smallest absolute Gasteiger partial charge is 0.0986 e. The van der Waals surface area contributed by atoms with E-state index < -0.39 is 0 Å². The molecule has 0 aromatic heterocycles. The lowest BCUT2D eigenvalue weighted by Gasteiger charge is -2.38. The number of rotatable bonds is 1. The van der Waals surface area contributed by atoms with E-state index in [0.717, 1.165) is 26.4 Å². The molecule has 0 aromatic rings. The first kappa shape index (κ1) is 8.48. The van der Waals surface area contributed by atoms with Gasteiger partial charge in [0.15, 0.2) is 0 Å². The van der Waals surface area contributed by atoms with Gasteiger partial charge < -0.3 is 9.47 Å². The number of fused-ring (bicyclic) bond motifs is 1. The first-order valence-electron chi connectivity index (χ1n) is 4.74. The quantitative estimate of drug-likeness (QED) is 0.573. The van der Waals surface area contributed by atoms with Crippen LogP contribution in [0.2, 0.25) is 0 Å². The second-order valence-electron chi connectivity index (χ2n) is 3.85. The highest BCUT2D eigenvalue weighted by Gasteiger charge is 2.37. The van der Waals surface area contributed by atoms with Crippen LogP contribution in [-0.4, -0.2) is 49.5 Å². The van der Waals surface area contributed by atoms with Crippen LogP contribution >= 0.6 is 0 Å². The minimum Gasteiger partial charge on any atom is -0.377 e. The summed E-state index contributed by atoms with van der Waals surface area (Å²) >= 11 is 0. The Bertz CT molecular complexity index is 161. The van der Waals surface area contributed by atoms with E-state index in [-0.39, 0.29) is 0 Å². The van der Waals surface area contributed by atoms with E-state index in [4.69, 9.17) is 9.47 Å². The highest BCUT2D eigenvalue weighted by Crippen LogP contribution is 2.22. The van der Waals surface area contributed by atoms with E-state index in [1.165, 1.54) is 0 Å².